The Morgan fingerprint density at radius 1 is 0.913 bits per heavy atom. The lowest BCUT2D eigenvalue weighted by Gasteiger charge is -2.31. The summed E-state index contributed by atoms with van der Waals surface area (Å²) in [4.78, 5) is 19.2. The zero-order chi connectivity index (χ0) is 15.6. The van der Waals surface area contributed by atoms with Gasteiger partial charge in [0.1, 0.15) is 0 Å². The van der Waals surface area contributed by atoms with Crippen LogP contribution in [0.4, 0.5) is 0 Å². The smallest absolute Gasteiger partial charge is 0.229 e. The van der Waals surface area contributed by atoms with Crippen LogP contribution in [-0.2, 0) is 4.79 Å². The lowest BCUT2D eigenvalue weighted by Crippen LogP contribution is -2.37. The number of amides is 1. The van der Waals surface area contributed by atoms with Gasteiger partial charge in [-0.1, -0.05) is 43.7 Å². The summed E-state index contributed by atoms with van der Waals surface area (Å²) < 4.78 is 5.54. The number of nitrogens with zero attached hydrogens (tertiary/aromatic N) is 3. The first-order chi connectivity index (χ1) is 11.3. The Kier molecular flexibility index (Phi) is 4.36. The second-order valence-electron chi connectivity index (χ2n) is 7.56. The van der Waals surface area contributed by atoms with Gasteiger partial charge in [0.2, 0.25) is 11.8 Å². The second-order valence-corrected chi connectivity index (χ2v) is 7.56. The number of hydrogen-bond acceptors (Lipinski definition) is 4. The van der Waals surface area contributed by atoms with E-state index in [2.05, 4.69) is 15.0 Å². The van der Waals surface area contributed by atoms with E-state index in [1.165, 1.54) is 51.4 Å². The molecule has 0 radical (unpaired) electrons. The quantitative estimate of drug-likeness (QED) is 0.851. The Morgan fingerprint density at radius 3 is 2.35 bits per heavy atom. The van der Waals surface area contributed by atoms with Gasteiger partial charge < -0.3 is 9.42 Å². The van der Waals surface area contributed by atoms with Gasteiger partial charge in [-0.05, 0) is 25.7 Å². The first kappa shape index (κ1) is 15.2. The zero-order valence-corrected chi connectivity index (χ0v) is 13.9. The van der Waals surface area contributed by atoms with E-state index in [1.54, 1.807) is 0 Å². The molecule has 1 aliphatic heterocycles. The molecule has 3 aliphatic rings. The fourth-order valence-electron chi connectivity index (χ4n) is 4.58. The lowest BCUT2D eigenvalue weighted by atomic mass is 9.89. The average molecular weight is 317 g/mol. The Balaban J connectivity index is 1.42. The number of hydrogen-bond donors (Lipinski definition) is 0. The van der Waals surface area contributed by atoms with E-state index in [0.29, 0.717) is 18.4 Å². The van der Waals surface area contributed by atoms with Gasteiger partial charge in [-0.25, -0.2) is 0 Å². The molecule has 0 N–H and O–H groups in total. The molecule has 2 heterocycles. The van der Waals surface area contributed by atoms with E-state index in [-0.39, 0.29) is 11.8 Å². The molecule has 1 aromatic heterocycles. The highest BCUT2D eigenvalue weighted by atomic mass is 16.5. The van der Waals surface area contributed by atoms with Crippen LogP contribution in [0.5, 0.6) is 0 Å². The zero-order valence-electron chi connectivity index (χ0n) is 13.9. The number of likely N-dealkylation sites (tertiary alicyclic amines) is 1. The van der Waals surface area contributed by atoms with E-state index in [0.717, 1.165) is 31.1 Å². The maximum atomic E-state index is 12.4. The normalized spacial score (nSPS) is 27.7. The van der Waals surface area contributed by atoms with Crippen molar-refractivity contribution < 1.29 is 9.32 Å². The van der Waals surface area contributed by atoms with Crippen molar-refractivity contribution in [2.75, 3.05) is 6.54 Å². The Hall–Kier alpha value is -1.39. The lowest BCUT2D eigenvalue weighted by molar-refractivity contribution is -0.130. The predicted octanol–water partition coefficient (Wildman–Crippen LogP) is 3.77. The SMILES string of the molecule is O=C1C[C@@H](c2noc(C3CCCCC3)n2)CN1C1CCCCC1. The van der Waals surface area contributed by atoms with Crippen molar-refractivity contribution >= 4 is 5.91 Å². The van der Waals surface area contributed by atoms with Crippen LogP contribution in [0.3, 0.4) is 0 Å². The summed E-state index contributed by atoms with van der Waals surface area (Å²) in [5.74, 6) is 2.42. The van der Waals surface area contributed by atoms with Crippen LogP contribution >= 0.6 is 0 Å². The van der Waals surface area contributed by atoms with Gasteiger partial charge >= 0.3 is 0 Å². The molecule has 126 valence electrons. The summed E-state index contributed by atoms with van der Waals surface area (Å²) in [7, 11) is 0. The fraction of sp³-hybridized carbons (Fsp3) is 0.833. The third-order valence-corrected chi connectivity index (χ3v) is 5.95. The molecule has 4 rings (SSSR count). The number of aromatic nitrogens is 2. The molecule has 5 nitrogen and oxygen atoms in total. The van der Waals surface area contributed by atoms with Crippen LogP contribution in [0.2, 0.25) is 0 Å². The number of carbonyl (C=O) groups excluding carboxylic acids is 1. The van der Waals surface area contributed by atoms with E-state index in [9.17, 15) is 4.79 Å². The third kappa shape index (κ3) is 3.15. The molecule has 1 atom stereocenters. The summed E-state index contributed by atoms with van der Waals surface area (Å²) in [6, 6.07) is 0.450. The molecule has 1 amide bonds. The summed E-state index contributed by atoms with van der Waals surface area (Å²) in [5.41, 5.74) is 0. The van der Waals surface area contributed by atoms with Gasteiger partial charge in [0.05, 0.1) is 0 Å². The molecule has 0 aromatic carbocycles. The van der Waals surface area contributed by atoms with Gasteiger partial charge in [0.25, 0.3) is 0 Å². The maximum Gasteiger partial charge on any atom is 0.229 e. The standard InChI is InChI=1S/C18H27N3O2/c22-16-11-14(12-21(16)15-9-5-2-6-10-15)17-19-18(23-20-17)13-7-3-1-4-8-13/h13-15H,1-12H2/t14-/m1/s1. The Morgan fingerprint density at radius 2 is 1.61 bits per heavy atom. The Bertz CT molecular complexity index is 544. The van der Waals surface area contributed by atoms with Crippen LogP contribution < -0.4 is 0 Å². The van der Waals surface area contributed by atoms with Crippen molar-refractivity contribution in [1.29, 1.82) is 0 Å². The molecule has 2 saturated carbocycles. The number of rotatable bonds is 3. The van der Waals surface area contributed by atoms with E-state index < -0.39 is 0 Å². The van der Waals surface area contributed by atoms with Crippen LogP contribution in [0.25, 0.3) is 0 Å². The van der Waals surface area contributed by atoms with Crippen molar-refractivity contribution in [2.45, 2.75) is 88.5 Å². The summed E-state index contributed by atoms with van der Waals surface area (Å²) in [6.45, 7) is 0.785. The van der Waals surface area contributed by atoms with Gasteiger partial charge in [0, 0.05) is 30.8 Å². The van der Waals surface area contributed by atoms with E-state index >= 15 is 0 Å². The molecular formula is C18H27N3O2. The predicted molar refractivity (Wildman–Crippen MR) is 86.1 cm³/mol. The molecular weight excluding hydrogens is 290 g/mol. The van der Waals surface area contributed by atoms with Crippen LogP contribution in [0.1, 0.15) is 94.2 Å². The maximum absolute atomic E-state index is 12.4. The van der Waals surface area contributed by atoms with Gasteiger partial charge in [-0.15, -0.1) is 0 Å². The summed E-state index contributed by atoms with van der Waals surface area (Å²) in [5, 5.41) is 4.22. The van der Waals surface area contributed by atoms with Crippen molar-refractivity contribution in [3.63, 3.8) is 0 Å². The molecule has 23 heavy (non-hydrogen) atoms. The molecule has 3 fully saturated rings. The molecule has 1 aromatic rings. The minimum absolute atomic E-state index is 0.130. The van der Waals surface area contributed by atoms with Gasteiger partial charge in [0.15, 0.2) is 5.82 Å². The first-order valence-corrected chi connectivity index (χ1v) is 9.44. The third-order valence-electron chi connectivity index (χ3n) is 5.95. The molecule has 0 bridgehead atoms. The van der Waals surface area contributed by atoms with Gasteiger partial charge in [-0.3, -0.25) is 4.79 Å². The average Bonchev–Trinajstić information content (AvgIpc) is 3.23. The number of carbonyl (C=O) groups is 1. The topological polar surface area (TPSA) is 59.2 Å². The van der Waals surface area contributed by atoms with Crippen LogP contribution in [0, 0.1) is 0 Å². The van der Waals surface area contributed by atoms with Gasteiger partial charge in [-0.2, -0.15) is 4.98 Å². The minimum atomic E-state index is 0.130. The summed E-state index contributed by atoms with van der Waals surface area (Å²) >= 11 is 0. The van der Waals surface area contributed by atoms with Crippen molar-refractivity contribution in [3.8, 4) is 0 Å². The van der Waals surface area contributed by atoms with E-state index in [4.69, 9.17) is 4.52 Å². The van der Waals surface area contributed by atoms with Crippen LogP contribution in [0.15, 0.2) is 4.52 Å². The minimum Gasteiger partial charge on any atom is -0.339 e. The highest BCUT2D eigenvalue weighted by molar-refractivity contribution is 5.79. The van der Waals surface area contributed by atoms with Crippen molar-refractivity contribution in [3.05, 3.63) is 11.7 Å². The Labute approximate surface area is 137 Å². The fourth-order valence-corrected chi connectivity index (χ4v) is 4.58. The highest BCUT2D eigenvalue weighted by Gasteiger charge is 2.38. The largest absolute Gasteiger partial charge is 0.339 e. The molecule has 1 saturated heterocycles. The van der Waals surface area contributed by atoms with E-state index in [1.807, 2.05) is 0 Å². The second kappa shape index (κ2) is 6.62. The van der Waals surface area contributed by atoms with Crippen molar-refractivity contribution in [2.24, 2.45) is 0 Å². The molecule has 0 spiro atoms. The van der Waals surface area contributed by atoms with Crippen LogP contribution in [-0.4, -0.2) is 33.5 Å². The first-order valence-electron chi connectivity index (χ1n) is 9.44. The highest BCUT2D eigenvalue weighted by Crippen LogP contribution is 2.35. The molecule has 0 unspecified atom stereocenters. The van der Waals surface area contributed by atoms with Crippen molar-refractivity contribution in [1.82, 2.24) is 15.0 Å². The molecule has 2 aliphatic carbocycles. The monoisotopic (exact) mass is 317 g/mol. The summed E-state index contributed by atoms with van der Waals surface area (Å²) in [6.07, 6.45) is 12.9. The molecule has 5 heteroatoms.